The van der Waals surface area contributed by atoms with Gasteiger partial charge in [-0.15, -0.1) is 0 Å². The zero-order chi connectivity index (χ0) is 16.9. The average Bonchev–Trinajstić information content (AvgIpc) is 2.61. The maximum atomic E-state index is 6.42. The molecule has 4 rings (SSSR count). The largest absolute Gasteiger partial charge is 0.497 e. The van der Waals surface area contributed by atoms with Crippen LogP contribution >= 0.6 is 0 Å². The fourth-order valence-electron chi connectivity index (χ4n) is 3.51. The molecule has 0 saturated carbocycles. The summed E-state index contributed by atoms with van der Waals surface area (Å²) < 4.78 is 18.3. The molecule has 0 aromatic heterocycles. The molecule has 2 aliphatic heterocycles. The molecule has 1 saturated heterocycles. The molecule has 1 fully saturated rings. The lowest BCUT2D eigenvalue weighted by atomic mass is 9.86. The van der Waals surface area contributed by atoms with Crippen molar-refractivity contribution in [3.05, 3.63) is 53.6 Å². The summed E-state index contributed by atoms with van der Waals surface area (Å²) in [6, 6.07) is 14.3. The summed E-state index contributed by atoms with van der Waals surface area (Å²) in [7, 11) is 3.75. The zero-order valence-electron chi connectivity index (χ0n) is 14.6. The second-order valence-electron chi connectivity index (χ2n) is 7.32. The number of nitrogens with zero attached hydrogens (tertiary/aromatic N) is 1. The summed E-state index contributed by atoms with van der Waals surface area (Å²) in [5.74, 6) is -0.0689. The zero-order valence-corrected chi connectivity index (χ0v) is 14.6. The van der Waals surface area contributed by atoms with Gasteiger partial charge in [0.25, 0.3) is 0 Å². The van der Waals surface area contributed by atoms with Gasteiger partial charge in [0.15, 0.2) is 0 Å². The van der Waals surface area contributed by atoms with E-state index in [1.807, 2.05) is 24.3 Å². The van der Waals surface area contributed by atoms with E-state index < -0.39 is 5.79 Å². The van der Waals surface area contributed by atoms with Crippen LogP contribution in [0.1, 0.15) is 25.0 Å². The summed E-state index contributed by atoms with van der Waals surface area (Å²) in [5.41, 5.74) is 4.23. The Hall–Kier alpha value is -2.04. The molecule has 126 valence electrons. The Morgan fingerprint density at radius 2 is 1.62 bits per heavy atom. The minimum Gasteiger partial charge on any atom is -0.497 e. The van der Waals surface area contributed by atoms with Crippen LogP contribution in [-0.4, -0.2) is 27.4 Å². The Balaban J connectivity index is 1.94. The van der Waals surface area contributed by atoms with E-state index in [9.17, 15) is 0 Å². The first-order chi connectivity index (χ1) is 11.5. The molecular weight excluding hydrogens is 302 g/mol. The summed E-state index contributed by atoms with van der Waals surface area (Å²) >= 11 is 0. The van der Waals surface area contributed by atoms with Crippen LogP contribution in [0, 0.1) is 5.41 Å². The first-order valence-corrected chi connectivity index (χ1v) is 8.26. The van der Waals surface area contributed by atoms with Gasteiger partial charge < -0.3 is 19.1 Å². The van der Waals surface area contributed by atoms with Crippen LogP contribution in [0.5, 0.6) is 5.75 Å². The number of fused-ring (bicyclic) bond motifs is 4. The Labute approximate surface area is 142 Å². The van der Waals surface area contributed by atoms with Gasteiger partial charge in [0.1, 0.15) is 5.75 Å². The Morgan fingerprint density at radius 3 is 2.33 bits per heavy atom. The highest BCUT2D eigenvalue weighted by molar-refractivity contribution is 5.77. The lowest BCUT2D eigenvalue weighted by molar-refractivity contribution is -0.284. The van der Waals surface area contributed by atoms with Crippen molar-refractivity contribution >= 4 is 11.4 Å². The smallest absolute Gasteiger partial charge is 0.226 e. The second-order valence-corrected chi connectivity index (χ2v) is 7.32. The standard InChI is InChI=1S/C20H23NO3/c1-19(2)12-23-20(24-13-19)15-7-5-6-8-17(15)21(3)18-10-9-14(22-4)11-16(18)20/h5-11H,12-13H2,1-4H3. The van der Waals surface area contributed by atoms with Gasteiger partial charge in [-0.2, -0.15) is 0 Å². The molecule has 4 heteroatoms. The van der Waals surface area contributed by atoms with Gasteiger partial charge in [0.05, 0.1) is 26.0 Å². The number of hydrogen-bond acceptors (Lipinski definition) is 4. The lowest BCUT2D eigenvalue weighted by Crippen LogP contribution is -2.48. The van der Waals surface area contributed by atoms with Crippen LogP contribution in [0.25, 0.3) is 0 Å². The molecule has 0 radical (unpaired) electrons. The fraction of sp³-hybridized carbons (Fsp3) is 0.400. The van der Waals surface area contributed by atoms with E-state index in [0.717, 1.165) is 28.3 Å². The van der Waals surface area contributed by atoms with E-state index in [4.69, 9.17) is 14.2 Å². The van der Waals surface area contributed by atoms with Crippen molar-refractivity contribution < 1.29 is 14.2 Å². The van der Waals surface area contributed by atoms with E-state index in [2.05, 4.69) is 44.0 Å². The maximum absolute atomic E-state index is 6.42. The summed E-state index contributed by atoms with van der Waals surface area (Å²) in [4.78, 5) is 2.18. The highest BCUT2D eigenvalue weighted by Crippen LogP contribution is 2.53. The van der Waals surface area contributed by atoms with Crippen LogP contribution in [-0.2, 0) is 15.3 Å². The van der Waals surface area contributed by atoms with Crippen LogP contribution in [0.3, 0.4) is 0 Å². The second kappa shape index (κ2) is 5.23. The minimum absolute atomic E-state index is 0.00255. The Kier molecular flexibility index (Phi) is 3.37. The molecule has 4 nitrogen and oxygen atoms in total. The summed E-state index contributed by atoms with van der Waals surface area (Å²) in [6.45, 7) is 5.60. The van der Waals surface area contributed by atoms with Crippen LogP contribution < -0.4 is 9.64 Å². The first-order valence-electron chi connectivity index (χ1n) is 8.26. The van der Waals surface area contributed by atoms with Gasteiger partial charge in [-0.25, -0.2) is 0 Å². The average molecular weight is 325 g/mol. The molecular formula is C20H23NO3. The Bertz CT molecular complexity index is 774. The van der Waals surface area contributed by atoms with Gasteiger partial charge in [-0.3, -0.25) is 0 Å². The summed E-state index contributed by atoms with van der Waals surface area (Å²) in [6.07, 6.45) is 0. The van der Waals surface area contributed by atoms with Gasteiger partial charge in [-0.1, -0.05) is 32.0 Å². The number of benzene rings is 2. The van der Waals surface area contributed by atoms with Crippen LogP contribution in [0.4, 0.5) is 11.4 Å². The van der Waals surface area contributed by atoms with Crippen molar-refractivity contribution in [2.45, 2.75) is 19.6 Å². The van der Waals surface area contributed by atoms with Crippen molar-refractivity contribution in [3.8, 4) is 5.75 Å². The molecule has 1 spiro atoms. The number of hydrogen-bond donors (Lipinski definition) is 0. The molecule has 0 atom stereocenters. The molecule has 2 heterocycles. The molecule has 2 aromatic rings. The lowest BCUT2D eigenvalue weighted by Gasteiger charge is -2.48. The van der Waals surface area contributed by atoms with E-state index in [0.29, 0.717) is 13.2 Å². The van der Waals surface area contributed by atoms with Crippen molar-refractivity contribution in [2.24, 2.45) is 5.41 Å². The highest BCUT2D eigenvalue weighted by atomic mass is 16.7. The first kappa shape index (κ1) is 15.5. The minimum atomic E-state index is -0.873. The molecule has 0 N–H and O–H groups in total. The number of anilines is 2. The van der Waals surface area contributed by atoms with E-state index in [1.165, 1.54) is 0 Å². The molecule has 0 unspecified atom stereocenters. The Morgan fingerprint density at radius 1 is 0.958 bits per heavy atom. The monoisotopic (exact) mass is 325 g/mol. The third-order valence-electron chi connectivity index (χ3n) is 4.87. The number of ether oxygens (including phenoxy) is 3. The van der Waals surface area contributed by atoms with Gasteiger partial charge in [0.2, 0.25) is 5.79 Å². The number of methoxy groups -OCH3 is 1. The summed E-state index contributed by atoms with van der Waals surface area (Å²) in [5, 5.41) is 0. The van der Waals surface area contributed by atoms with E-state index in [1.54, 1.807) is 7.11 Å². The predicted octanol–water partition coefficient (Wildman–Crippen LogP) is 4.05. The molecule has 24 heavy (non-hydrogen) atoms. The predicted molar refractivity (Wildman–Crippen MR) is 94.0 cm³/mol. The van der Waals surface area contributed by atoms with Gasteiger partial charge in [0, 0.05) is 29.3 Å². The van der Waals surface area contributed by atoms with Gasteiger partial charge in [-0.05, 0) is 24.3 Å². The van der Waals surface area contributed by atoms with Crippen molar-refractivity contribution in [1.29, 1.82) is 0 Å². The van der Waals surface area contributed by atoms with Crippen molar-refractivity contribution in [1.82, 2.24) is 0 Å². The van der Waals surface area contributed by atoms with E-state index in [-0.39, 0.29) is 5.41 Å². The molecule has 2 aliphatic rings. The fourth-order valence-corrected chi connectivity index (χ4v) is 3.51. The maximum Gasteiger partial charge on any atom is 0.226 e. The van der Waals surface area contributed by atoms with E-state index >= 15 is 0 Å². The molecule has 2 aromatic carbocycles. The van der Waals surface area contributed by atoms with Crippen LogP contribution in [0.2, 0.25) is 0 Å². The van der Waals surface area contributed by atoms with Crippen molar-refractivity contribution in [3.63, 3.8) is 0 Å². The van der Waals surface area contributed by atoms with Crippen LogP contribution in [0.15, 0.2) is 42.5 Å². The number of rotatable bonds is 1. The quantitative estimate of drug-likeness (QED) is 0.791. The SMILES string of the molecule is COc1ccc2c(c1)C1(OCC(C)(C)CO1)c1ccccc1N2C. The third kappa shape index (κ3) is 2.14. The highest BCUT2D eigenvalue weighted by Gasteiger charge is 2.49. The molecule has 0 aliphatic carbocycles. The number of para-hydroxylation sites is 1. The van der Waals surface area contributed by atoms with Gasteiger partial charge >= 0.3 is 0 Å². The van der Waals surface area contributed by atoms with Crippen molar-refractivity contribution in [2.75, 3.05) is 32.3 Å². The topological polar surface area (TPSA) is 30.9 Å². The molecule has 0 amide bonds. The third-order valence-corrected chi connectivity index (χ3v) is 4.87. The normalized spacial score (nSPS) is 20.4. The molecule has 0 bridgehead atoms.